The number of carboxylic acid groups (broad SMARTS) is 1. The molecule has 0 heterocycles. The van der Waals surface area contributed by atoms with Crippen LogP contribution in [0.1, 0.15) is 28.2 Å². The average Bonchev–Trinajstić information content (AvgIpc) is 3.28. The first kappa shape index (κ1) is 28.1. The van der Waals surface area contributed by atoms with Crippen molar-refractivity contribution >= 4 is 19.8 Å². The molecule has 0 radical (unpaired) electrons. The normalized spacial score (nSPS) is 13.1. The minimum atomic E-state index is -5.37. The lowest BCUT2D eigenvalue weighted by Crippen LogP contribution is -2.44. The summed E-state index contributed by atoms with van der Waals surface area (Å²) in [5.74, 6) is -1.41. The van der Waals surface area contributed by atoms with E-state index in [1.807, 2.05) is 78.9 Å². The molecule has 1 unspecified atom stereocenters. The van der Waals surface area contributed by atoms with Crippen LogP contribution in [0.25, 0.3) is 11.1 Å². The van der Waals surface area contributed by atoms with Crippen molar-refractivity contribution in [1.29, 1.82) is 0 Å². The van der Waals surface area contributed by atoms with Crippen molar-refractivity contribution in [2.45, 2.75) is 25.0 Å². The minimum absolute atomic E-state index is 0.0158. The van der Waals surface area contributed by atoms with Crippen LogP contribution in [0.3, 0.4) is 0 Å². The Hall–Kier alpha value is -4.43. The molecule has 9 nitrogen and oxygen atoms in total. The second-order valence-electron chi connectivity index (χ2n) is 9.64. The lowest BCUT2D eigenvalue weighted by Gasteiger charge is -2.29. The molecule has 1 aliphatic carbocycles. The number of amides is 1. The van der Waals surface area contributed by atoms with E-state index in [9.17, 15) is 29.0 Å². The van der Waals surface area contributed by atoms with Gasteiger partial charge in [0, 0.05) is 12.3 Å². The number of rotatable bonds is 10. The number of carboxylic acids is 1. The molecule has 0 aromatic heterocycles. The third-order valence-electron chi connectivity index (χ3n) is 6.98. The number of benzene rings is 4. The molecule has 0 saturated heterocycles. The topological polar surface area (TPSA) is 134 Å². The van der Waals surface area contributed by atoms with Gasteiger partial charge in [-0.05, 0) is 45.5 Å². The van der Waals surface area contributed by atoms with E-state index in [4.69, 9.17) is 9.47 Å². The molecule has 0 spiro atoms. The number of carbonyl (C=O) groups excluding carboxylic acids is 1. The van der Waals surface area contributed by atoms with E-state index in [0.29, 0.717) is 17.9 Å². The lowest BCUT2D eigenvalue weighted by molar-refractivity contribution is -0.141. The Kier molecular flexibility index (Phi) is 8.21. The first-order chi connectivity index (χ1) is 19.7. The lowest BCUT2D eigenvalue weighted by atomic mass is 9.98. The zero-order chi connectivity index (χ0) is 29.0. The minimum Gasteiger partial charge on any atom is -0.489 e. The summed E-state index contributed by atoms with van der Waals surface area (Å²) in [5.41, 5.74) is 5.20. The number of ether oxygens (including phenoxy) is 2. The van der Waals surface area contributed by atoms with Crippen molar-refractivity contribution in [3.05, 3.63) is 125 Å². The van der Waals surface area contributed by atoms with Crippen LogP contribution in [-0.2, 0) is 27.1 Å². The van der Waals surface area contributed by atoms with Crippen LogP contribution in [0.5, 0.6) is 5.75 Å². The van der Waals surface area contributed by atoms with Crippen LogP contribution in [0, 0.1) is 0 Å². The Bertz CT molecular complexity index is 1540. The highest BCUT2D eigenvalue weighted by Gasteiger charge is 2.43. The van der Waals surface area contributed by atoms with Crippen LogP contribution >= 0.6 is 7.75 Å². The molecule has 1 aliphatic rings. The quantitative estimate of drug-likeness (QED) is 0.209. The molecular formula is C31H28NO8P. The van der Waals surface area contributed by atoms with E-state index in [1.165, 1.54) is 0 Å². The Morgan fingerprint density at radius 1 is 0.780 bits per heavy atom. The molecule has 0 fully saturated rings. The maximum atomic E-state index is 13.1. The molecule has 210 valence electrons. The Morgan fingerprint density at radius 2 is 1.34 bits per heavy atom. The van der Waals surface area contributed by atoms with Gasteiger partial charge in [0.15, 0.2) is 0 Å². The number of nitrogens with zero attached hydrogens (tertiary/aromatic N) is 1. The fourth-order valence-electron chi connectivity index (χ4n) is 5.04. The number of carbonyl (C=O) groups is 2. The van der Waals surface area contributed by atoms with E-state index in [2.05, 4.69) is 0 Å². The first-order valence-electron chi connectivity index (χ1n) is 12.9. The van der Waals surface area contributed by atoms with Gasteiger partial charge in [-0.25, -0.2) is 14.2 Å². The van der Waals surface area contributed by atoms with Gasteiger partial charge in [0.25, 0.3) is 0 Å². The maximum absolute atomic E-state index is 13.1. The van der Waals surface area contributed by atoms with Crippen LogP contribution in [0.2, 0.25) is 0 Å². The number of hydrogen-bond acceptors (Lipinski definition) is 5. The van der Waals surface area contributed by atoms with Crippen LogP contribution in [0.4, 0.5) is 4.79 Å². The molecule has 1 amide bonds. The second-order valence-corrected chi connectivity index (χ2v) is 11.1. The molecule has 0 saturated carbocycles. The zero-order valence-corrected chi connectivity index (χ0v) is 22.8. The van der Waals surface area contributed by atoms with Crippen molar-refractivity contribution in [2.75, 3.05) is 6.61 Å². The van der Waals surface area contributed by atoms with Crippen LogP contribution in [0.15, 0.2) is 103 Å². The van der Waals surface area contributed by atoms with Gasteiger partial charge in [-0.15, -0.1) is 0 Å². The third-order valence-corrected chi connectivity index (χ3v) is 7.99. The summed E-state index contributed by atoms with van der Waals surface area (Å²) in [4.78, 5) is 45.4. The average molecular weight is 574 g/mol. The Balaban J connectivity index is 1.30. The largest absolute Gasteiger partial charge is 0.489 e. The van der Waals surface area contributed by atoms with Crippen LogP contribution < -0.4 is 4.74 Å². The van der Waals surface area contributed by atoms with Crippen molar-refractivity contribution < 1.29 is 38.5 Å². The summed E-state index contributed by atoms with van der Waals surface area (Å²) in [7, 11) is -5.37. The Labute approximate surface area is 236 Å². The summed E-state index contributed by atoms with van der Waals surface area (Å²) >= 11 is 0. The summed E-state index contributed by atoms with van der Waals surface area (Å²) < 4.78 is 23.6. The van der Waals surface area contributed by atoms with Gasteiger partial charge in [-0.2, -0.15) is 4.67 Å². The molecule has 1 atom stereocenters. The van der Waals surface area contributed by atoms with Crippen molar-refractivity contribution in [3.8, 4) is 16.9 Å². The van der Waals surface area contributed by atoms with E-state index < -0.39 is 25.9 Å². The molecule has 0 bridgehead atoms. The highest BCUT2D eigenvalue weighted by Crippen LogP contribution is 2.46. The summed E-state index contributed by atoms with van der Waals surface area (Å²) in [6.07, 6.45) is -1.76. The van der Waals surface area contributed by atoms with E-state index in [1.54, 1.807) is 24.3 Å². The molecule has 4 aromatic carbocycles. The third kappa shape index (κ3) is 6.33. The maximum Gasteiger partial charge on any atom is 0.435 e. The summed E-state index contributed by atoms with van der Waals surface area (Å²) in [6.45, 7) is 0.120. The number of aliphatic carboxylic acids is 1. The molecule has 4 aromatic rings. The van der Waals surface area contributed by atoms with Gasteiger partial charge >= 0.3 is 19.8 Å². The smallest absolute Gasteiger partial charge is 0.435 e. The Morgan fingerprint density at radius 3 is 1.90 bits per heavy atom. The van der Waals surface area contributed by atoms with Gasteiger partial charge in [0.1, 0.15) is 25.0 Å². The molecule has 0 aliphatic heterocycles. The van der Waals surface area contributed by atoms with Gasteiger partial charge in [-0.3, -0.25) is 0 Å². The van der Waals surface area contributed by atoms with Crippen molar-refractivity contribution in [3.63, 3.8) is 0 Å². The first-order valence-corrected chi connectivity index (χ1v) is 14.5. The number of hydrogen-bond donors (Lipinski definition) is 3. The molecule has 10 heteroatoms. The molecule has 5 rings (SSSR count). The van der Waals surface area contributed by atoms with Gasteiger partial charge < -0.3 is 24.4 Å². The highest BCUT2D eigenvalue weighted by molar-refractivity contribution is 7.50. The zero-order valence-electron chi connectivity index (χ0n) is 21.9. The van der Waals surface area contributed by atoms with Crippen molar-refractivity contribution in [2.24, 2.45) is 0 Å². The molecule has 41 heavy (non-hydrogen) atoms. The second kappa shape index (κ2) is 12.0. The fraction of sp³-hybridized carbons (Fsp3) is 0.161. The predicted molar refractivity (Wildman–Crippen MR) is 151 cm³/mol. The molecule has 3 N–H and O–H groups in total. The number of fused-ring (bicyclic) bond motifs is 3. The molecular weight excluding hydrogens is 545 g/mol. The van der Waals surface area contributed by atoms with E-state index in [-0.39, 0.29) is 23.6 Å². The van der Waals surface area contributed by atoms with Gasteiger partial charge in [0.2, 0.25) is 0 Å². The SMILES string of the molecule is O=C(O)C(Cc1ccc(OCc2ccccc2)cc1)N(C(=O)OCC1c2ccccc2-c2ccccc21)P(=O)(O)O. The van der Waals surface area contributed by atoms with E-state index in [0.717, 1.165) is 27.8 Å². The fourth-order valence-corrected chi connectivity index (χ4v) is 5.85. The van der Waals surface area contributed by atoms with Gasteiger partial charge in [0.05, 0.1) is 0 Å². The van der Waals surface area contributed by atoms with Gasteiger partial charge in [-0.1, -0.05) is 91.0 Å². The van der Waals surface area contributed by atoms with Crippen LogP contribution in [-0.4, -0.2) is 44.3 Å². The highest BCUT2D eigenvalue weighted by atomic mass is 31.2. The van der Waals surface area contributed by atoms with Crippen molar-refractivity contribution in [1.82, 2.24) is 4.67 Å². The summed E-state index contributed by atoms with van der Waals surface area (Å²) in [5, 5.41) is 9.90. The van der Waals surface area contributed by atoms with E-state index >= 15 is 0 Å². The standard InChI is InChI=1S/C31H28NO8P/c33-30(34)29(18-21-14-16-23(17-15-21)39-19-22-8-2-1-3-9-22)32(41(36,37)38)31(35)40-20-28-26-12-6-4-10-24(26)25-11-5-7-13-27(25)28/h1-17,28-29H,18-20H2,(H,33,34)(H2,36,37,38). The monoisotopic (exact) mass is 573 g/mol. The predicted octanol–water partition coefficient (Wildman–Crippen LogP) is 5.61. The summed E-state index contributed by atoms with van der Waals surface area (Å²) in [6, 6.07) is 29.4.